The molecule has 0 atom stereocenters. The van der Waals surface area contributed by atoms with E-state index in [1.165, 1.54) is 0 Å². The van der Waals surface area contributed by atoms with E-state index in [0.717, 1.165) is 22.4 Å². The van der Waals surface area contributed by atoms with Gasteiger partial charge in [-0.2, -0.15) is 0 Å². The molecule has 0 saturated carbocycles. The Morgan fingerprint density at radius 2 is 2.00 bits per heavy atom. The molecule has 82 valence electrons. The highest BCUT2D eigenvalue weighted by molar-refractivity contribution is 7.99. The number of anilines is 1. The number of aromatic nitrogens is 2. The fourth-order valence-corrected chi connectivity index (χ4v) is 2.03. The lowest BCUT2D eigenvalue weighted by molar-refractivity contribution is 1.07. The number of pyridine rings is 2. The molecule has 16 heavy (non-hydrogen) atoms. The third kappa shape index (κ3) is 2.97. The van der Waals surface area contributed by atoms with Gasteiger partial charge in [0.15, 0.2) is 0 Å². The van der Waals surface area contributed by atoms with Gasteiger partial charge in [-0.05, 0) is 31.2 Å². The molecule has 3 nitrogen and oxygen atoms in total. The maximum Gasteiger partial charge on any atom is 0.127 e. The summed E-state index contributed by atoms with van der Waals surface area (Å²) in [5.74, 6) is 0.906. The molecule has 2 heterocycles. The van der Waals surface area contributed by atoms with Gasteiger partial charge in [-0.25, -0.2) is 9.97 Å². The Hall–Kier alpha value is -1.55. The van der Waals surface area contributed by atoms with Gasteiger partial charge >= 0.3 is 0 Å². The molecule has 0 spiro atoms. The molecular weight excluding hydrogens is 218 g/mol. The van der Waals surface area contributed by atoms with Gasteiger partial charge in [0.25, 0.3) is 0 Å². The van der Waals surface area contributed by atoms with Crippen molar-refractivity contribution < 1.29 is 0 Å². The van der Waals surface area contributed by atoms with E-state index in [0.29, 0.717) is 0 Å². The number of hydrogen-bond acceptors (Lipinski definition) is 4. The highest BCUT2D eigenvalue weighted by Crippen LogP contribution is 2.24. The highest BCUT2D eigenvalue weighted by atomic mass is 32.2. The van der Waals surface area contributed by atoms with Crippen LogP contribution in [-0.2, 0) is 0 Å². The molecule has 0 radical (unpaired) electrons. The molecule has 0 aliphatic carbocycles. The molecule has 1 N–H and O–H groups in total. The van der Waals surface area contributed by atoms with E-state index in [1.54, 1.807) is 18.0 Å². The molecule has 0 aliphatic rings. The SMILES string of the molecule is CCNc1cccc(Sc2ccccn2)n1. The fourth-order valence-electron chi connectivity index (χ4n) is 1.27. The van der Waals surface area contributed by atoms with Gasteiger partial charge in [0.05, 0.1) is 0 Å². The Bertz CT molecular complexity index is 445. The van der Waals surface area contributed by atoms with E-state index in [1.807, 2.05) is 36.4 Å². The molecule has 0 aliphatic heterocycles. The van der Waals surface area contributed by atoms with Crippen LogP contribution < -0.4 is 5.32 Å². The van der Waals surface area contributed by atoms with Crippen LogP contribution >= 0.6 is 11.8 Å². The zero-order valence-corrected chi connectivity index (χ0v) is 9.87. The largest absolute Gasteiger partial charge is 0.370 e. The monoisotopic (exact) mass is 231 g/mol. The zero-order valence-electron chi connectivity index (χ0n) is 9.05. The minimum atomic E-state index is 0.880. The standard InChI is InChI=1S/C12H13N3S/c1-2-13-10-6-5-8-12(15-10)16-11-7-3-4-9-14-11/h3-9H,2H2,1H3,(H,13,15). The number of nitrogens with one attached hydrogen (secondary N) is 1. The summed E-state index contributed by atoms with van der Waals surface area (Å²) >= 11 is 1.57. The van der Waals surface area contributed by atoms with Gasteiger partial charge in [0, 0.05) is 12.7 Å². The van der Waals surface area contributed by atoms with Gasteiger partial charge in [0.1, 0.15) is 15.9 Å². The van der Waals surface area contributed by atoms with Crippen LogP contribution in [0.25, 0.3) is 0 Å². The minimum absolute atomic E-state index is 0.880. The van der Waals surface area contributed by atoms with E-state index in [9.17, 15) is 0 Å². The Balaban J connectivity index is 2.12. The van der Waals surface area contributed by atoms with Gasteiger partial charge < -0.3 is 5.32 Å². The minimum Gasteiger partial charge on any atom is -0.370 e. The lowest BCUT2D eigenvalue weighted by Crippen LogP contribution is -1.98. The molecule has 0 fully saturated rings. The molecule has 0 amide bonds. The van der Waals surface area contributed by atoms with Crippen LogP contribution in [0.2, 0.25) is 0 Å². The van der Waals surface area contributed by atoms with Crippen LogP contribution in [0.1, 0.15) is 6.92 Å². The average Bonchev–Trinajstić information content (AvgIpc) is 2.31. The summed E-state index contributed by atoms with van der Waals surface area (Å²) in [5, 5.41) is 5.11. The van der Waals surface area contributed by atoms with Crippen LogP contribution in [0.5, 0.6) is 0 Å². The molecule has 2 aromatic heterocycles. The van der Waals surface area contributed by atoms with Gasteiger partial charge in [-0.3, -0.25) is 0 Å². The lowest BCUT2D eigenvalue weighted by Gasteiger charge is -2.04. The normalized spacial score (nSPS) is 10.1. The summed E-state index contributed by atoms with van der Waals surface area (Å²) in [4.78, 5) is 8.72. The van der Waals surface area contributed by atoms with Gasteiger partial charge in [0.2, 0.25) is 0 Å². The van der Waals surface area contributed by atoms with E-state index in [-0.39, 0.29) is 0 Å². The summed E-state index contributed by atoms with van der Waals surface area (Å²) in [7, 11) is 0. The third-order valence-electron chi connectivity index (χ3n) is 1.93. The Kier molecular flexibility index (Phi) is 3.77. The topological polar surface area (TPSA) is 37.8 Å². The highest BCUT2D eigenvalue weighted by Gasteiger charge is 2.00. The molecule has 2 aromatic rings. The third-order valence-corrected chi connectivity index (χ3v) is 2.82. The second-order valence-corrected chi connectivity index (χ2v) is 4.20. The lowest BCUT2D eigenvalue weighted by atomic mass is 10.4. The predicted molar refractivity (Wildman–Crippen MR) is 66.8 cm³/mol. The van der Waals surface area contributed by atoms with E-state index < -0.39 is 0 Å². The predicted octanol–water partition coefficient (Wildman–Crippen LogP) is 3.06. The first-order valence-corrected chi connectivity index (χ1v) is 6.00. The average molecular weight is 231 g/mol. The van der Waals surface area contributed by atoms with Crippen molar-refractivity contribution in [3.63, 3.8) is 0 Å². The van der Waals surface area contributed by atoms with Crippen LogP contribution in [0, 0.1) is 0 Å². The quantitative estimate of drug-likeness (QED) is 0.877. The molecular formula is C12H13N3S. The summed E-state index contributed by atoms with van der Waals surface area (Å²) < 4.78 is 0. The first-order chi connectivity index (χ1) is 7.88. The fraction of sp³-hybridized carbons (Fsp3) is 0.167. The molecule has 0 aromatic carbocycles. The number of nitrogens with zero attached hydrogens (tertiary/aromatic N) is 2. The Labute approximate surface area is 99.3 Å². The number of hydrogen-bond donors (Lipinski definition) is 1. The molecule has 0 unspecified atom stereocenters. The summed E-state index contributed by atoms with van der Waals surface area (Å²) in [5.41, 5.74) is 0. The molecule has 0 bridgehead atoms. The smallest absolute Gasteiger partial charge is 0.127 e. The first-order valence-electron chi connectivity index (χ1n) is 5.18. The van der Waals surface area contributed by atoms with Crippen LogP contribution in [-0.4, -0.2) is 16.5 Å². The van der Waals surface area contributed by atoms with Crippen LogP contribution in [0.15, 0.2) is 52.6 Å². The second-order valence-electron chi connectivity index (χ2n) is 3.16. The Morgan fingerprint density at radius 3 is 2.75 bits per heavy atom. The van der Waals surface area contributed by atoms with Crippen LogP contribution in [0.3, 0.4) is 0 Å². The van der Waals surface area contributed by atoms with E-state index >= 15 is 0 Å². The van der Waals surface area contributed by atoms with Crippen molar-refractivity contribution in [3.8, 4) is 0 Å². The second kappa shape index (κ2) is 5.51. The maximum absolute atomic E-state index is 4.47. The van der Waals surface area contributed by atoms with Crippen molar-refractivity contribution >= 4 is 17.6 Å². The van der Waals surface area contributed by atoms with Crippen LogP contribution in [0.4, 0.5) is 5.82 Å². The first kappa shape index (κ1) is 11.0. The zero-order chi connectivity index (χ0) is 11.2. The summed E-state index contributed by atoms with van der Waals surface area (Å²) in [6, 6.07) is 11.8. The van der Waals surface area contributed by atoms with E-state index in [2.05, 4.69) is 22.2 Å². The van der Waals surface area contributed by atoms with Crippen molar-refractivity contribution in [1.82, 2.24) is 9.97 Å². The van der Waals surface area contributed by atoms with Crippen molar-refractivity contribution in [1.29, 1.82) is 0 Å². The van der Waals surface area contributed by atoms with Crippen molar-refractivity contribution in [3.05, 3.63) is 42.6 Å². The van der Waals surface area contributed by atoms with Crippen molar-refractivity contribution in [2.45, 2.75) is 17.0 Å². The summed E-state index contributed by atoms with van der Waals surface area (Å²) in [6.07, 6.45) is 1.79. The van der Waals surface area contributed by atoms with Crippen molar-refractivity contribution in [2.24, 2.45) is 0 Å². The maximum atomic E-state index is 4.47. The van der Waals surface area contributed by atoms with E-state index in [4.69, 9.17) is 0 Å². The summed E-state index contributed by atoms with van der Waals surface area (Å²) in [6.45, 7) is 2.94. The van der Waals surface area contributed by atoms with Gasteiger partial charge in [-0.1, -0.05) is 23.9 Å². The molecule has 0 saturated heterocycles. The Morgan fingerprint density at radius 1 is 1.12 bits per heavy atom. The van der Waals surface area contributed by atoms with Crippen molar-refractivity contribution in [2.75, 3.05) is 11.9 Å². The molecule has 2 rings (SSSR count). The van der Waals surface area contributed by atoms with Gasteiger partial charge in [-0.15, -0.1) is 0 Å². The molecule has 4 heteroatoms. The number of rotatable bonds is 4.